The van der Waals surface area contributed by atoms with Crippen molar-refractivity contribution in [1.82, 2.24) is 29.5 Å². The number of likely N-dealkylation sites (tertiary alicyclic amines) is 2. The second-order valence-electron chi connectivity index (χ2n) is 7.90. The highest BCUT2D eigenvalue weighted by atomic mass is 16.3. The van der Waals surface area contributed by atoms with Crippen molar-refractivity contribution in [2.45, 2.75) is 44.2 Å². The normalized spacial score (nSPS) is 23.3. The van der Waals surface area contributed by atoms with E-state index in [2.05, 4.69) is 24.6 Å². The van der Waals surface area contributed by atoms with Crippen LogP contribution in [0.4, 0.5) is 0 Å². The van der Waals surface area contributed by atoms with Crippen LogP contribution in [0.2, 0.25) is 0 Å². The standard InChI is InChI=1S/C18H32N6O2/c1-21(2)17(26)13-24-8-4-5-14(11-24)18-20-19-16(22(18)3)12-23-9-6-15(25)7-10-23/h14-15,25H,4-13H2,1-3H3/t14-/m0/s1. The molecule has 2 saturated heterocycles. The van der Waals surface area contributed by atoms with Crippen LogP contribution in [0.25, 0.3) is 0 Å². The summed E-state index contributed by atoms with van der Waals surface area (Å²) in [5.41, 5.74) is 0. The average molecular weight is 364 g/mol. The minimum atomic E-state index is -0.153. The molecule has 0 radical (unpaired) electrons. The molecule has 3 heterocycles. The van der Waals surface area contributed by atoms with Crippen LogP contribution in [0.5, 0.6) is 0 Å². The van der Waals surface area contributed by atoms with Gasteiger partial charge in [-0.15, -0.1) is 10.2 Å². The maximum absolute atomic E-state index is 12.0. The summed E-state index contributed by atoms with van der Waals surface area (Å²) in [6.07, 6.45) is 3.69. The number of carbonyl (C=O) groups excluding carboxylic acids is 1. The minimum absolute atomic E-state index is 0.150. The number of likely N-dealkylation sites (N-methyl/N-ethyl adjacent to an activating group) is 1. The van der Waals surface area contributed by atoms with Crippen molar-refractivity contribution in [1.29, 1.82) is 0 Å². The van der Waals surface area contributed by atoms with Gasteiger partial charge in [-0.1, -0.05) is 0 Å². The van der Waals surface area contributed by atoms with Crippen molar-refractivity contribution in [3.8, 4) is 0 Å². The number of aliphatic hydroxyl groups is 1. The van der Waals surface area contributed by atoms with Crippen LogP contribution < -0.4 is 0 Å². The summed E-state index contributed by atoms with van der Waals surface area (Å²) in [5, 5.41) is 18.6. The first-order valence-corrected chi connectivity index (χ1v) is 9.65. The average Bonchev–Trinajstić information content (AvgIpc) is 2.98. The van der Waals surface area contributed by atoms with E-state index in [9.17, 15) is 9.90 Å². The van der Waals surface area contributed by atoms with E-state index in [1.165, 1.54) is 0 Å². The van der Waals surface area contributed by atoms with Crippen molar-refractivity contribution in [2.24, 2.45) is 7.05 Å². The van der Waals surface area contributed by atoms with Gasteiger partial charge in [-0.3, -0.25) is 14.6 Å². The SMILES string of the molecule is CN(C)C(=O)CN1CCC[C@H](c2nnc(CN3CCC(O)CC3)n2C)C1. The van der Waals surface area contributed by atoms with Crippen LogP contribution in [0.1, 0.15) is 43.3 Å². The lowest BCUT2D eigenvalue weighted by Crippen LogP contribution is -2.42. The molecule has 0 aliphatic carbocycles. The molecular formula is C18H32N6O2. The zero-order valence-electron chi connectivity index (χ0n) is 16.3. The van der Waals surface area contributed by atoms with Gasteiger partial charge in [0.25, 0.3) is 0 Å². The molecule has 0 aromatic carbocycles. The molecule has 3 rings (SSSR count). The van der Waals surface area contributed by atoms with Crippen LogP contribution in [0.15, 0.2) is 0 Å². The first-order valence-electron chi connectivity index (χ1n) is 9.65. The number of hydrogen-bond donors (Lipinski definition) is 1. The van der Waals surface area contributed by atoms with Crippen molar-refractivity contribution in [2.75, 3.05) is 46.8 Å². The van der Waals surface area contributed by atoms with Gasteiger partial charge < -0.3 is 14.6 Å². The topological polar surface area (TPSA) is 77.7 Å². The van der Waals surface area contributed by atoms with Gasteiger partial charge in [-0.2, -0.15) is 0 Å². The number of carbonyl (C=O) groups is 1. The minimum Gasteiger partial charge on any atom is -0.393 e. The summed E-state index contributed by atoms with van der Waals surface area (Å²) >= 11 is 0. The lowest BCUT2D eigenvalue weighted by Gasteiger charge is -2.32. The fraction of sp³-hybridized carbons (Fsp3) is 0.833. The Morgan fingerprint density at radius 3 is 2.58 bits per heavy atom. The Bertz CT molecular complexity index is 609. The van der Waals surface area contributed by atoms with Gasteiger partial charge in [0.15, 0.2) is 0 Å². The number of rotatable bonds is 5. The fourth-order valence-electron chi connectivity index (χ4n) is 3.89. The number of piperidine rings is 2. The predicted molar refractivity (Wildman–Crippen MR) is 98.6 cm³/mol. The monoisotopic (exact) mass is 364 g/mol. The molecule has 0 unspecified atom stereocenters. The molecule has 1 aromatic heterocycles. The molecule has 0 bridgehead atoms. The van der Waals surface area contributed by atoms with E-state index in [1.54, 1.807) is 19.0 Å². The van der Waals surface area contributed by atoms with Gasteiger partial charge in [-0.05, 0) is 32.2 Å². The molecule has 1 amide bonds. The molecule has 2 fully saturated rings. The zero-order chi connectivity index (χ0) is 18.7. The molecular weight excluding hydrogens is 332 g/mol. The molecule has 26 heavy (non-hydrogen) atoms. The lowest BCUT2D eigenvalue weighted by atomic mass is 9.97. The maximum Gasteiger partial charge on any atom is 0.236 e. The van der Waals surface area contributed by atoms with Gasteiger partial charge in [-0.25, -0.2) is 0 Å². The Morgan fingerprint density at radius 1 is 1.15 bits per heavy atom. The maximum atomic E-state index is 12.0. The Hall–Kier alpha value is -1.51. The molecule has 2 aliphatic heterocycles. The highest BCUT2D eigenvalue weighted by Gasteiger charge is 2.28. The zero-order valence-corrected chi connectivity index (χ0v) is 16.3. The number of amides is 1. The van der Waals surface area contributed by atoms with Crippen LogP contribution in [0.3, 0.4) is 0 Å². The highest BCUT2D eigenvalue weighted by Crippen LogP contribution is 2.26. The number of aliphatic hydroxyl groups excluding tert-OH is 1. The first kappa shape index (κ1) is 19.3. The summed E-state index contributed by atoms with van der Waals surface area (Å²) < 4.78 is 2.13. The van der Waals surface area contributed by atoms with Crippen LogP contribution in [-0.4, -0.2) is 93.4 Å². The molecule has 8 nitrogen and oxygen atoms in total. The van der Waals surface area contributed by atoms with E-state index in [0.717, 1.165) is 70.1 Å². The van der Waals surface area contributed by atoms with E-state index < -0.39 is 0 Å². The van der Waals surface area contributed by atoms with Gasteiger partial charge >= 0.3 is 0 Å². The molecule has 0 saturated carbocycles. The lowest BCUT2D eigenvalue weighted by molar-refractivity contribution is -0.130. The van der Waals surface area contributed by atoms with E-state index in [1.807, 2.05) is 7.05 Å². The van der Waals surface area contributed by atoms with Gasteiger partial charge in [0.1, 0.15) is 11.6 Å². The molecule has 1 N–H and O–H groups in total. The first-order chi connectivity index (χ1) is 12.4. The second-order valence-corrected chi connectivity index (χ2v) is 7.90. The molecule has 2 aliphatic rings. The third kappa shape index (κ3) is 4.61. The Balaban J connectivity index is 1.60. The number of aromatic nitrogens is 3. The second kappa shape index (κ2) is 8.45. The van der Waals surface area contributed by atoms with E-state index in [4.69, 9.17) is 0 Å². The van der Waals surface area contributed by atoms with Gasteiger partial charge in [0.05, 0.1) is 19.2 Å². The fourth-order valence-corrected chi connectivity index (χ4v) is 3.89. The molecule has 1 atom stereocenters. The van der Waals surface area contributed by atoms with Crippen LogP contribution >= 0.6 is 0 Å². The van der Waals surface area contributed by atoms with E-state index >= 15 is 0 Å². The van der Waals surface area contributed by atoms with Crippen molar-refractivity contribution < 1.29 is 9.90 Å². The third-order valence-electron chi connectivity index (χ3n) is 5.65. The van der Waals surface area contributed by atoms with Gasteiger partial charge in [0, 0.05) is 46.7 Å². The summed E-state index contributed by atoms with van der Waals surface area (Å²) in [6.45, 7) is 4.91. The summed E-state index contributed by atoms with van der Waals surface area (Å²) in [7, 11) is 5.66. The Labute approximate surface area is 155 Å². The molecule has 0 spiro atoms. The molecule has 8 heteroatoms. The van der Waals surface area contributed by atoms with Crippen LogP contribution in [-0.2, 0) is 18.4 Å². The molecule has 1 aromatic rings. The summed E-state index contributed by atoms with van der Waals surface area (Å²) in [6, 6.07) is 0. The summed E-state index contributed by atoms with van der Waals surface area (Å²) in [4.78, 5) is 18.2. The summed E-state index contributed by atoms with van der Waals surface area (Å²) in [5.74, 6) is 2.49. The highest BCUT2D eigenvalue weighted by molar-refractivity contribution is 5.77. The smallest absolute Gasteiger partial charge is 0.236 e. The van der Waals surface area contributed by atoms with Crippen LogP contribution in [0, 0.1) is 0 Å². The van der Waals surface area contributed by atoms with Crippen molar-refractivity contribution in [3.63, 3.8) is 0 Å². The Kier molecular flexibility index (Phi) is 6.26. The predicted octanol–water partition coefficient (Wildman–Crippen LogP) is 0.0394. The van der Waals surface area contributed by atoms with Gasteiger partial charge in [0.2, 0.25) is 5.91 Å². The number of hydrogen-bond acceptors (Lipinski definition) is 6. The number of nitrogens with zero attached hydrogens (tertiary/aromatic N) is 6. The third-order valence-corrected chi connectivity index (χ3v) is 5.65. The van der Waals surface area contributed by atoms with Crippen molar-refractivity contribution >= 4 is 5.91 Å². The van der Waals surface area contributed by atoms with E-state index in [-0.39, 0.29) is 12.0 Å². The largest absolute Gasteiger partial charge is 0.393 e. The van der Waals surface area contributed by atoms with E-state index in [0.29, 0.717) is 12.5 Å². The quantitative estimate of drug-likeness (QED) is 0.795. The Morgan fingerprint density at radius 2 is 1.88 bits per heavy atom. The molecule has 146 valence electrons. The van der Waals surface area contributed by atoms with Crippen molar-refractivity contribution in [3.05, 3.63) is 11.6 Å².